The average Bonchev–Trinajstić information content (AvgIpc) is 2.76. The SMILES string of the molecule is CC(C)(C)c1cc(NC(=O)Nc2cccc(Cl)c2)n[nH]1. The molecule has 3 N–H and O–H groups in total. The molecule has 0 bridgehead atoms. The molecule has 0 aliphatic heterocycles. The quantitative estimate of drug-likeness (QED) is 0.783. The van der Waals surface area contributed by atoms with E-state index in [-0.39, 0.29) is 11.4 Å². The first-order valence-corrected chi connectivity index (χ1v) is 6.62. The number of carbonyl (C=O) groups is 1. The summed E-state index contributed by atoms with van der Waals surface area (Å²) in [6.45, 7) is 6.20. The number of hydrogen-bond donors (Lipinski definition) is 3. The van der Waals surface area contributed by atoms with Crippen molar-refractivity contribution in [1.82, 2.24) is 10.2 Å². The molecular weight excluding hydrogens is 276 g/mol. The third-order valence-corrected chi connectivity index (χ3v) is 2.95. The second kappa shape index (κ2) is 5.54. The van der Waals surface area contributed by atoms with Gasteiger partial charge in [-0.25, -0.2) is 4.79 Å². The first kappa shape index (κ1) is 14.4. The molecule has 0 saturated carbocycles. The highest BCUT2D eigenvalue weighted by Gasteiger charge is 2.17. The zero-order valence-electron chi connectivity index (χ0n) is 11.6. The van der Waals surface area contributed by atoms with E-state index >= 15 is 0 Å². The third-order valence-electron chi connectivity index (χ3n) is 2.71. The van der Waals surface area contributed by atoms with Gasteiger partial charge in [-0.05, 0) is 18.2 Å². The summed E-state index contributed by atoms with van der Waals surface area (Å²) < 4.78 is 0. The molecule has 0 fully saturated rings. The zero-order valence-corrected chi connectivity index (χ0v) is 12.4. The zero-order chi connectivity index (χ0) is 14.8. The maximum atomic E-state index is 11.8. The van der Waals surface area contributed by atoms with Crippen LogP contribution in [0.25, 0.3) is 0 Å². The number of anilines is 2. The van der Waals surface area contributed by atoms with Crippen molar-refractivity contribution in [1.29, 1.82) is 0 Å². The van der Waals surface area contributed by atoms with Crippen LogP contribution in [0.15, 0.2) is 30.3 Å². The van der Waals surface area contributed by atoms with E-state index in [1.807, 2.05) is 6.07 Å². The molecule has 0 spiro atoms. The fraction of sp³-hybridized carbons (Fsp3) is 0.286. The molecule has 1 heterocycles. The molecule has 1 aromatic carbocycles. The summed E-state index contributed by atoms with van der Waals surface area (Å²) in [5.74, 6) is 0.481. The summed E-state index contributed by atoms with van der Waals surface area (Å²) in [6, 6.07) is 8.40. The normalized spacial score (nSPS) is 11.2. The molecule has 5 nitrogen and oxygen atoms in total. The third kappa shape index (κ3) is 3.74. The minimum atomic E-state index is -0.362. The van der Waals surface area contributed by atoms with Gasteiger partial charge in [-0.2, -0.15) is 5.10 Å². The number of urea groups is 1. The fourth-order valence-corrected chi connectivity index (χ4v) is 1.81. The Morgan fingerprint density at radius 1 is 1.25 bits per heavy atom. The van der Waals surface area contributed by atoms with Crippen molar-refractivity contribution in [3.63, 3.8) is 0 Å². The Hall–Kier alpha value is -2.01. The number of benzene rings is 1. The summed E-state index contributed by atoms with van der Waals surface area (Å²) in [5.41, 5.74) is 1.54. The lowest BCUT2D eigenvalue weighted by Gasteiger charge is -2.14. The fourth-order valence-electron chi connectivity index (χ4n) is 1.61. The molecule has 0 aliphatic rings. The highest BCUT2D eigenvalue weighted by atomic mass is 35.5. The van der Waals surface area contributed by atoms with Crippen LogP contribution in [0.1, 0.15) is 26.5 Å². The number of H-pyrrole nitrogens is 1. The van der Waals surface area contributed by atoms with E-state index in [1.165, 1.54) is 0 Å². The molecule has 2 rings (SSSR count). The average molecular weight is 293 g/mol. The molecule has 0 unspecified atom stereocenters. The van der Waals surface area contributed by atoms with Gasteiger partial charge in [0.25, 0.3) is 0 Å². The van der Waals surface area contributed by atoms with Crippen LogP contribution < -0.4 is 10.6 Å². The molecule has 2 amide bonds. The minimum Gasteiger partial charge on any atom is -0.308 e. The lowest BCUT2D eigenvalue weighted by atomic mass is 9.92. The second-order valence-electron chi connectivity index (χ2n) is 5.51. The minimum absolute atomic E-state index is 0.0453. The standard InChI is InChI=1S/C14H17ClN4O/c1-14(2,3)11-8-12(19-18-11)17-13(20)16-10-6-4-5-9(15)7-10/h4-8H,1-3H3,(H3,16,17,18,19,20). The largest absolute Gasteiger partial charge is 0.324 e. The molecule has 0 aliphatic carbocycles. The molecule has 20 heavy (non-hydrogen) atoms. The number of nitrogens with one attached hydrogen (secondary N) is 3. The van der Waals surface area contributed by atoms with Crippen LogP contribution in [0.3, 0.4) is 0 Å². The van der Waals surface area contributed by atoms with Crippen molar-refractivity contribution in [2.75, 3.05) is 10.6 Å². The number of hydrogen-bond acceptors (Lipinski definition) is 2. The summed E-state index contributed by atoms with van der Waals surface area (Å²) in [7, 11) is 0. The Bertz CT molecular complexity index is 616. The Labute approximate surface area is 122 Å². The predicted molar refractivity (Wildman–Crippen MR) is 81.4 cm³/mol. The molecule has 6 heteroatoms. The van der Waals surface area contributed by atoms with Crippen LogP contribution in [0.5, 0.6) is 0 Å². The molecule has 106 valence electrons. The molecular formula is C14H17ClN4O. The van der Waals surface area contributed by atoms with Gasteiger partial charge in [-0.15, -0.1) is 0 Å². The summed E-state index contributed by atoms with van der Waals surface area (Å²) in [4.78, 5) is 11.8. The maximum absolute atomic E-state index is 11.8. The summed E-state index contributed by atoms with van der Waals surface area (Å²) in [5, 5.41) is 12.9. The monoisotopic (exact) mass is 292 g/mol. The number of halogens is 1. The molecule has 0 radical (unpaired) electrons. The van der Waals surface area contributed by atoms with Crippen molar-refractivity contribution in [2.45, 2.75) is 26.2 Å². The van der Waals surface area contributed by atoms with Gasteiger partial charge < -0.3 is 5.32 Å². The van der Waals surface area contributed by atoms with Crippen LogP contribution in [-0.4, -0.2) is 16.2 Å². The van der Waals surface area contributed by atoms with Crippen molar-refractivity contribution in [2.24, 2.45) is 0 Å². The van der Waals surface area contributed by atoms with Crippen molar-refractivity contribution in [3.8, 4) is 0 Å². The highest BCUT2D eigenvalue weighted by molar-refractivity contribution is 6.30. The first-order valence-electron chi connectivity index (χ1n) is 6.24. The van der Waals surface area contributed by atoms with Gasteiger partial charge in [0.2, 0.25) is 0 Å². The Morgan fingerprint density at radius 2 is 2.00 bits per heavy atom. The van der Waals surface area contributed by atoms with E-state index in [4.69, 9.17) is 11.6 Å². The van der Waals surface area contributed by atoms with Crippen LogP contribution in [0.4, 0.5) is 16.3 Å². The maximum Gasteiger partial charge on any atom is 0.324 e. The van der Waals surface area contributed by atoms with E-state index in [0.29, 0.717) is 16.5 Å². The van der Waals surface area contributed by atoms with E-state index in [9.17, 15) is 4.79 Å². The molecule has 0 atom stereocenters. The van der Waals surface area contributed by atoms with Crippen LogP contribution >= 0.6 is 11.6 Å². The van der Waals surface area contributed by atoms with Gasteiger partial charge in [-0.1, -0.05) is 38.4 Å². The number of carbonyl (C=O) groups excluding carboxylic acids is 1. The predicted octanol–water partition coefficient (Wildman–Crippen LogP) is 4.00. The number of nitrogens with zero attached hydrogens (tertiary/aromatic N) is 1. The Kier molecular flexibility index (Phi) is 3.99. The second-order valence-corrected chi connectivity index (χ2v) is 5.94. The summed E-state index contributed by atoms with van der Waals surface area (Å²) >= 11 is 5.85. The molecule has 2 aromatic rings. The number of aromatic amines is 1. The van der Waals surface area contributed by atoms with E-state index in [2.05, 4.69) is 41.6 Å². The van der Waals surface area contributed by atoms with Gasteiger partial charge in [0.1, 0.15) is 0 Å². The van der Waals surface area contributed by atoms with Crippen molar-refractivity contribution < 1.29 is 4.79 Å². The smallest absolute Gasteiger partial charge is 0.308 e. The lowest BCUT2D eigenvalue weighted by Crippen LogP contribution is -2.19. The topological polar surface area (TPSA) is 69.8 Å². The van der Waals surface area contributed by atoms with E-state index in [1.54, 1.807) is 24.3 Å². The Morgan fingerprint density at radius 3 is 2.60 bits per heavy atom. The van der Waals surface area contributed by atoms with Crippen molar-refractivity contribution >= 4 is 29.1 Å². The van der Waals surface area contributed by atoms with Crippen LogP contribution in [0.2, 0.25) is 5.02 Å². The number of rotatable bonds is 2. The van der Waals surface area contributed by atoms with Crippen LogP contribution in [-0.2, 0) is 5.41 Å². The number of aromatic nitrogens is 2. The van der Waals surface area contributed by atoms with Gasteiger partial charge in [0, 0.05) is 27.9 Å². The first-order chi connectivity index (χ1) is 9.34. The molecule has 0 saturated heterocycles. The summed E-state index contributed by atoms with van der Waals surface area (Å²) in [6.07, 6.45) is 0. The van der Waals surface area contributed by atoms with Gasteiger partial charge in [0.05, 0.1) is 0 Å². The lowest BCUT2D eigenvalue weighted by molar-refractivity contribution is 0.262. The van der Waals surface area contributed by atoms with Gasteiger partial charge in [0.15, 0.2) is 5.82 Å². The number of amides is 2. The molecule has 1 aromatic heterocycles. The highest BCUT2D eigenvalue weighted by Crippen LogP contribution is 2.22. The van der Waals surface area contributed by atoms with Gasteiger partial charge >= 0.3 is 6.03 Å². The Balaban J connectivity index is 2.00. The van der Waals surface area contributed by atoms with E-state index in [0.717, 1.165) is 5.69 Å². The van der Waals surface area contributed by atoms with Crippen molar-refractivity contribution in [3.05, 3.63) is 41.0 Å². The van der Waals surface area contributed by atoms with Crippen LogP contribution in [0, 0.1) is 0 Å². The van der Waals surface area contributed by atoms with E-state index < -0.39 is 0 Å². The van der Waals surface area contributed by atoms with Gasteiger partial charge in [-0.3, -0.25) is 10.4 Å².